The molecular formula is C48H60N12O5S. The Balaban J connectivity index is 0.811. The second-order valence-electron chi connectivity index (χ2n) is 19.1. The molecule has 3 aliphatic heterocycles. The lowest BCUT2D eigenvalue weighted by Gasteiger charge is -2.35. The van der Waals surface area contributed by atoms with Crippen LogP contribution in [0.2, 0.25) is 0 Å². The summed E-state index contributed by atoms with van der Waals surface area (Å²) < 4.78 is 0. The number of aromatic nitrogens is 5. The molecule has 6 atom stereocenters. The highest BCUT2D eigenvalue weighted by atomic mass is 32.1. The monoisotopic (exact) mass is 916 g/mol. The first kappa shape index (κ1) is 46.6. The lowest BCUT2D eigenvalue weighted by atomic mass is 9.85. The summed E-state index contributed by atoms with van der Waals surface area (Å²) in [6.45, 7) is 10.0. The van der Waals surface area contributed by atoms with Gasteiger partial charge >= 0.3 is 0 Å². The van der Waals surface area contributed by atoms with Gasteiger partial charge in [0, 0.05) is 81.2 Å². The van der Waals surface area contributed by atoms with Crippen molar-refractivity contribution in [3.05, 3.63) is 95.1 Å². The number of amides is 2. The summed E-state index contributed by atoms with van der Waals surface area (Å²) in [5, 5.41) is 39.4. The number of hydrogen-bond donors (Lipinski definition) is 6. The lowest BCUT2D eigenvalue weighted by molar-refractivity contribution is -0.143. The first-order chi connectivity index (χ1) is 31.6. The largest absolute Gasteiger partial charge is 0.507 e. The van der Waals surface area contributed by atoms with Gasteiger partial charge in [0.2, 0.25) is 11.8 Å². The molecule has 2 amide bonds. The number of nitrogens with one attached hydrogen (secondary N) is 3. The van der Waals surface area contributed by atoms with Crippen LogP contribution in [0.15, 0.2) is 72.5 Å². The number of para-hydroxylation sites is 1. The van der Waals surface area contributed by atoms with E-state index in [9.17, 15) is 24.6 Å². The second kappa shape index (κ2) is 19.9. The maximum atomic E-state index is 14.2. The molecule has 4 unspecified atom stereocenters. The van der Waals surface area contributed by atoms with Gasteiger partial charge in [-0.3, -0.25) is 19.3 Å². The first-order valence-electron chi connectivity index (χ1n) is 22.5. The number of carbonyl (C=O) groups is 3. The zero-order chi connectivity index (χ0) is 46.7. The summed E-state index contributed by atoms with van der Waals surface area (Å²) in [7, 11) is 1.82. The van der Waals surface area contributed by atoms with Crippen molar-refractivity contribution >= 4 is 40.4 Å². The van der Waals surface area contributed by atoms with Crippen LogP contribution in [0, 0.1) is 18.3 Å². The van der Waals surface area contributed by atoms with Crippen molar-refractivity contribution in [3.8, 4) is 27.4 Å². The average molecular weight is 917 g/mol. The van der Waals surface area contributed by atoms with Crippen LogP contribution in [0.3, 0.4) is 0 Å². The molecule has 0 saturated carbocycles. The number of ketones is 1. The number of aryl methyl sites for hydroxylation is 1. The Kier molecular flexibility index (Phi) is 14.1. The van der Waals surface area contributed by atoms with Crippen LogP contribution in [-0.4, -0.2) is 133 Å². The Bertz CT molecular complexity index is 2510. The van der Waals surface area contributed by atoms with Crippen LogP contribution < -0.4 is 26.6 Å². The Morgan fingerprint density at radius 1 is 1.00 bits per heavy atom. The topological polar surface area (TPSA) is 228 Å². The number of thiazole rings is 1. The number of likely N-dealkylation sites (tertiary alicyclic amines) is 1. The van der Waals surface area contributed by atoms with Crippen molar-refractivity contribution in [2.75, 3.05) is 50.4 Å². The zero-order valence-electron chi connectivity index (χ0n) is 38.1. The third kappa shape index (κ3) is 10.8. The molecule has 0 spiro atoms. The molecule has 3 aromatic heterocycles. The van der Waals surface area contributed by atoms with Crippen LogP contribution in [0.25, 0.3) is 21.7 Å². The van der Waals surface area contributed by atoms with Gasteiger partial charge in [0.25, 0.3) is 0 Å². The molecule has 3 aliphatic rings. The van der Waals surface area contributed by atoms with E-state index in [0.717, 1.165) is 58.3 Å². The zero-order valence-corrected chi connectivity index (χ0v) is 39.0. The van der Waals surface area contributed by atoms with E-state index in [0.29, 0.717) is 42.5 Å². The number of phenols is 1. The molecule has 6 heterocycles. The quantitative estimate of drug-likeness (QED) is 0.0835. The van der Waals surface area contributed by atoms with Gasteiger partial charge < -0.3 is 41.7 Å². The van der Waals surface area contributed by atoms with E-state index in [4.69, 9.17) is 15.7 Å². The smallest absolute Gasteiger partial charge is 0.246 e. The molecule has 8 rings (SSSR count). The Morgan fingerprint density at radius 3 is 2.47 bits per heavy atom. The Morgan fingerprint density at radius 2 is 1.76 bits per heavy atom. The van der Waals surface area contributed by atoms with Crippen LogP contribution in [0.1, 0.15) is 56.3 Å². The van der Waals surface area contributed by atoms with E-state index in [1.165, 1.54) is 4.90 Å². The minimum atomic E-state index is -0.924. The standard InChI is InChI=1S/C48H60N12O5S/c1-28-44(66-27-53-28)31-12-10-29(11-13-31)18-50-21-41(63)38-16-34(61)24-60(38)47(65)45(48(2,3)4)55-43(64)26-58(5)22-30-19-51-42(52-20-30)15-32-14-33-23-59(25-37(32)54-33)39-17-36(56-57-46(39)49)35-8-6-7-9-40(35)62/h6-13,17,19-20,27,32-34,37-38,45,50,54,61-62H,14-16,18,21-26H2,1-5H3,(H2,49,57)(H,55,64)/t32?,33?,34-,37?,38+,45?/m1/s1. The SMILES string of the molecule is Cc1ncsc1-c1ccc(CNCC(=O)[C@@H]2C[C@@H](O)CN2C(=O)C(NC(=O)CN(C)Cc2cnc(CC3CC4CN(c5cc(-c6ccccc6O)nnc5N)CC3N4)nc2)C(C)(C)C)cc1. The predicted molar refractivity (Wildman–Crippen MR) is 253 cm³/mol. The van der Waals surface area contributed by atoms with Crippen LogP contribution in [0.5, 0.6) is 5.75 Å². The molecule has 3 saturated heterocycles. The summed E-state index contributed by atoms with van der Waals surface area (Å²) in [5.41, 5.74) is 13.4. The van der Waals surface area contributed by atoms with Gasteiger partial charge in [-0.05, 0) is 61.1 Å². The number of benzene rings is 2. The van der Waals surface area contributed by atoms with Crippen molar-refractivity contribution in [3.63, 3.8) is 0 Å². The van der Waals surface area contributed by atoms with E-state index in [2.05, 4.69) is 36.0 Å². The van der Waals surface area contributed by atoms with Gasteiger partial charge in [0.15, 0.2) is 11.6 Å². The fraction of sp³-hybridized carbons (Fsp3) is 0.458. The second-order valence-corrected chi connectivity index (χ2v) is 19.9. The number of Topliss-reactive ketones (excluding diaryl/α,β-unsaturated/α-hetero) is 1. The van der Waals surface area contributed by atoms with E-state index in [1.807, 2.05) is 87.6 Å². The number of piperazine rings is 1. The molecule has 0 radical (unpaired) electrons. The number of anilines is 2. The number of likely N-dealkylation sites (N-methyl/N-ethyl adjacent to an activating group) is 1. The van der Waals surface area contributed by atoms with Gasteiger partial charge in [0.05, 0.1) is 52.7 Å². The molecule has 3 fully saturated rings. The Labute approximate surface area is 389 Å². The van der Waals surface area contributed by atoms with Gasteiger partial charge in [-0.1, -0.05) is 57.2 Å². The number of hydrogen-bond acceptors (Lipinski definition) is 16. The molecule has 18 heteroatoms. The van der Waals surface area contributed by atoms with E-state index in [-0.39, 0.29) is 55.6 Å². The highest BCUT2D eigenvalue weighted by molar-refractivity contribution is 7.13. The molecule has 17 nitrogen and oxygen atoms in total. The number of fused-ring (bicyclic) bond motifs is 2. The van der Waals surface area contributed by atoms with E-state index >= 15 is 0 Å². The fourth-order valence-corrected chi connectivity index (χ4v) is 10.2. The molecular weight excluding hydrogens is 857 g/mol. The average Bonchev–Trinajstić information content (AvgIpc) is 3.98. The first-order valence-corrected chi connectivity index (χ1v) is 23.4. The third-order valence-corrected chi connectivity index (χ3v) is 13.8. The molecule has 7 N–H and O–H groups in total. The number of β-amino-alcohol motifs (C(OH)–C–C–N with tert-alkyl or cyclic N) is 1. The van der Waals surface area contributed by atoms with Crippen molar-refractivity contribution in [2.24, 2.45) is 11.3 Å². The molecule has 348 valence electrons. The summed E-state index contributed by atoms with van der Waals surface area (Å²) in [6, 6.07) is 15.8. The van der Waals surface area contributed by atoms with Crippen molar-refractivity contribution in [2.45, 2.75) is 90.3 Å². The number of aliphatic hydroxyl groups excluding tert-OH is 1. The number of rotatable bonds is 16. The third-order valence-electron chi connectivity index (χ3n) is 12.8. The molecule has 0 aliphatic carbocycles. The molecule has 66 heavy (non-hydrogen) atoms. The van der Waals surface area contributed by atoms with Crippen LogP contribution in [-0.2, 0) is 33.9 Å². The minimum Gasteiger partial charge on any atom is -0.507 e. The van der Waals surface area contributed by atoms with Crippen molar-refractivity contribution < 1.29 is 24.6 Å². The number of nitrogen functional groups attached to an aromatic ring is 1. The van der Waals surface area contributed by atoms with Crippen molar-refractivity contribution in [1.82, 2.24) is 50.9 Å². The van der Waals surface area contributed by atoms with Gasteiger partial charge in [-0.2, -0.15) is 0 Å². The van der Waals surface area contributed by atoms with Gasteiger partial charge in [-0.25, -0.2) is 15.0 Å². The number of aromatic hydroxyl groups is 1. The molecule has 5 aromatic rings. The molecule has 2 bridgehead atoms. The minimum absolute atomic E-state index is 0.0140. The van der Waals surface area contributed by atoms with Crippen molar-refractivity contribution in [1.29, 1.82) is 0 Å². The maximum absolute atomic E-state index is 14.2. The van der Waals surface area contributed by atoms with Gasteiger partial charge in [-0.15, -0.1) is 21.5 Å². The lowest BCUT2D eigenvalue weighted by Crippen LogP contribution is -2.58. The summed E-state index contributed by atoms with van der Waals surface area (Å²) >= 11 is 1.60. The van der Waals surface area contributed by atoms with E-state index in [1.54, 1.807) is 35.9 Å². The highest BCUT2D eigenvalue weighted by Crippen LogP contribution is 2.36. The number of nitrogens with two attached hydrogens (primary N) is 1. The van der Waals surface area contributed by atoms with Gasteiger partial charge in [0.1, 0.15) is 17.6 Å². The number of aliphatic hydroxyl groups is 1. The number of nitrogens with zero attached hydrogens (tertiary/aromatic N) is 8. The Hall–Kier alpha value is -5.92. The maximum Gasteiger partial charge on any atom is 0.246 e. The predicted octanol–water partition coefficient (Wildman–Crippen LogP) is 3.35. The fourth-order valence-electron chi connectivity index (χ4n) is 9.43. The van der Waals surface area contributed by atoms with E-state index < -0.39 is 29.5 Å². The van der Waals surface area contributed by atoms with Crippen LogP contribution in [0.4, 0.5) is 11.5 Å². The highest BCUT2D eigenvalue weighted by Gasteiger charge is 2.44. The molecule has 2 aromatic carbocycles. The summed E-state index contributed by atoms with van der Waals surface area (Å²) in [4.78, 5) is 61.6. The van der Waals surface area contributed by atoms with Crippen LogP contribution >= 0.6 is 11.3 Å². The number of phenolic OH excluding ortho intramolecular Hbond substituents is 1. The summed E-state index contributed by atoms with van der Waals surface area (Å²) in [6.07, 6.45) is 4.57. The normalized spacial score (nSPS) is 21.0. The summed E-state index contributed by atoms with van der Waals surface area (Å²) in [5.74, 6) is 0.623. The number of carbonyl (C=O) groups excluding carboxylic acids is 3.